The predicted molar refractivity (Wildman–Crippen MR) is 149 cm³/mol. The normalized spacial score (nSPS) is 12.9. The molecular formula is C28H38N2O4S2. The first-order valence-electron chi connectivity index (χ1n) is 12.5. The molecule has 3 rings (SSSR count). The summed E-state index contributed by atoms with van der Waals surface area (Å²) in [5.74, 6) is 1.69. The van der Waals surface area contributed by atoms with Crippen LogP contribution in [0.25, 0.3) is 12.2 Å². The number of hydrogen-bond acceptors (Lipinski definition) is 7. The van der Waals surface area contributed by atoms with Gasteiger partial charge in [-0.1, -0.05) is 75.4 Å². The Morgan fingerprint density at radius 1 is 1.17 bits per heavy atom. The molecule has 6 nitrogen and oxygen atoms in total. The lowest BCUT2D eigenvalue weighted by Crippen LogP contribution is -2.38. The standard InChI is InChI=1S/C18H23NO2.C10H15NO2S2/c1-4-17(19(3)14(2)20)13-21-18-11-9-15-7-5-6-8-16(15)10-12-18;1-3-5-6-13-9(12)8-7-15-10(11-8)14-4-2/h5-11,17H,4,12-13H2,1-3H3;7H,3-6H2,1-2H3/t17-;/m1./s1. The maximum absolute atomic E-state index is 11.4. The maximum atomic E-state index is 11.4. The van der Waals surface area contributed by atoms with E-state index >= 15 is 0 Å². The van der Waals surface area contributed by atoms with Gasteiger partial charge in [0, 0.05) is 25.8 Å². The van der Waals surface area contributed by atoms with Crippen molar-refractivity contribution in [2.45, 2.75) is 63.8 Å². The van der Waals surface area contributed by atoms with Crippen LogP contribution in [0.15, 0.2) is 45.8 Å². The number of unbranched alkanes of at least 4 members (excludes halogenated alkanes) is 1. The molecule has 1 atom stereocenters. The van der Waals surface area contributed by atoms with Gasteiger partial charge in [0.25, 0.3) is 0 Å². The van der Waals surface area contributed by atoms with E-state index in [1.807, 2.05) is 25.3 Å². The number of esters is 1. The lowest BCUT2D eigenvalue weighted by molar-refractivity contribution is -0.130. The largest absolute Gasteiger partial charge is 0.495 e. The molecule has 1 aliphatic carbocycles. The monoisotopic (exact) mass is 530 g/mol. The summed E-state index contributed by atoms with van der Waals surface area (Å²) in [5.41, 5.74) is 0.437. The molecule has 8 heteroatoms. The summed E-state index contributed by atoms with van der Waals surface area (Å²) in [6.45, 7) is 8.81. The van der Waals surface area contributed by atoms with Crippen molar-refractivity contribution in [1.82, 2.24) is 9.88 Å². The van der Waals surface area contributed by atoms with Crippen LogP contribution < -0.4 is 10.4 Å². The maximum Gasteiger partial charge on any atom is 0.357 e. The van der Waals surface area contributed by atoms with Crippen molar-refractivity contribution < 1.29 is 19.1 Å². The number of allylic oxidation sites excluding steroid dienone is 2. The van der Waals surface area contributed by atoms with Crippen molar-refractivity contribution in [3.63, 3.8) is 0 Å². The number of likely N-dealkylation sites (N-methyl/N-ethyl adjacent to an activating group) is 1. The summed E-state index contributed by atoms with van der Waals surface area (Å²) in [5, 5.41) is 4.20. The topological polar surface area (TPSA) is 68.7 Å². The Balaban J connectivity index is 0.000000269. The van der Waals surface area contributed by atoms with E-state index in [9.17, 15) is 9.59 Å². The first-order chi connectivity index (χ1) is 17.4. The first-order valence-corrected chi connectivity index (χ1v) is 14.3. The van der Waals surface area contributed by atoms with Crippen molar-refractivity contribution in [2.75, 3.05) is 26.0 Å². The fourth-order valence-electron chi connectivity index (χ4n) is 3.30. The molecular weight excluding hydrogens is 492 g/mol. The van der Waals surface area contributed by atoms with Gasteiger partial charge >= 0.3 is 5.97 Å². The molecule has 1 aliphatic rings. The summed E-state index contributed by atoms with van der Waals surface area (Å²) in [6, 6.07) is 8.42. The van der Waals surface area contributed by atoms with E-state index < -0.39 is 0 Å². The fourth-order valence-corrected chi connectivity index (χ4v) is 5.00. The summed E-state index contributed by atoms with van der Waals surface area (Å²) < 4.78 is 11.9. The number of amides is 1. The second-order valence-electron chi connectivity index (χ2n) is 8.26. The van der Waals surface area contributed by atoms with Crippen LogP contribution in [-0.2, 0) is 14.3 Å². The number of fused-ring (bicyclic) bond motifs is 1. The van der Waals surface area contributed by atoms with Gasteiger partial charge in [0.15, 0.2) is 10.0 Å². The number of nitrogens with zero attached hydrogens (tertiary/aromatic N) is 2. The van der Waals surface area contributed by atoms with E-state index in [1.54, 1.807) is 29.0 Å². The molecule has 0 bridgehead atoms. The number of carbonyl (C=O) groups is 2. The molecule has 1 heterocycles. The van der Waals surface area contributed by atoms with Crippen LogP contribution in [0.2, 0.25) is 0 Å². The molecule has 0 unspecified atom stereocenters. The number of carbonyl (C=O) groups excluding carboxylic acids is 2. The second-order valence-corrected chi connectivity index (χ2v) is 10.6. The molecule has 0 saturated heterocycles. The number of rotatable bonds is 11. The van der Waals surface area contributed by atoms with E-state index in [-0.39, 0.29) is 17.9 Å². The van der Waals surface area contributed by atoms with E-state index in [2.05, 4.69) is 50.0 Å². The summed E-state index contributed by atoms with van der Waals surface area (Å²) in [7, 11) is 1.83. The number of aromatic nitrogens is 1. The Hall–Kier alpha value is -2.58. The van der Waals surface area contributed by atoms with Gasteiger partial charge in [-0.2, -0.15) is 0 Å². The van der Waals surface area contributed by atoms with E-state index in [0.717, 1.165) is 41.5 Å². The van der Waals surface area contributed by atoms with Crippen LogP contribution in [0.3, 0.4) is 0 Å². The second kappa shape index (κ2) is 16.2. The molecule has 0 aliphatic heterocycles. The van der Waals surface area contributed by atoms with E-state index in [1.165, 1.54) is 21.8 Å². The van der Waals surface area contributed by atoms with E-state index in [4.69, 9.17) is 9.47 Å². The van der Waals surface area contributed by atoms with Crippen molar-refractivity contribution in [3.8, 4) is 0 Å². The molecule has 36 heavy (non-hydrogen) atoms. The van der Waals surface area contributed by atoms with Crippen molar-refractivity contribution in [3.05, 3.63) is 57.6 Å². The zero-order chi connectivity index (χ0) is 26.3. The number of benzene rings is 1. The zero-order valence-electron chi connectivity index (χ0n) is 22.0. The molecule has 0 spiro atoms. The van der Waals surface area contributed by atoms with Gasteiger partial charge in [-0.15, -0.1) is 11.3 Å². The third-order valence-corrected chi connectivity index (χ3v) is 7.54. The molecule has 0 N–H and O–H groups in total. The highest BCUT2D eigenvalue weighted by Crippen LogP contribution is 2.22. The molecule has 0 saturated carbocycles. The van der Waals surface area contributed by atoms with Crippen LogP contribution in [0.4, 0.5) is 0 Å². The molecule has 1 amide bonds. The quantitative estimate of drug-likeness (QED) is 0.231. The van der Waals surface area contributed by atoms with Gasteiger partial charge in [-0.05, 0) is 35.1 Å². The minimum Gasteiger partial charge on any atom is -0.495 e. The zero-order valence-corrected chi connectivity index (χ0v) is 23.6. The molecule has 1 aromatic carbocycles. The average molecular weight is 531 g/mol. The molecule has 0 fully saturated rings. The highest BCUT2D eigenvalue weighted by Gasteiger charge is 2.16. The van der Waals surface area contributed by atoms with Gasteiger partial charge in [0.2, 0.25) is 5.91 Å². The van der Waals surface area contributed by atoms with Gasteiger partial charge in [-0.25, -0.2) is 9.78 Å². The summed E-state index contributed by atoms with van der Waals surface area (Å²) in [6.07, 6.45) is 9.91. The fraction of sp³-hybridized carbons (Fsp3) is 0.464. The Labute approximate surface area is 223 Å². The highest BCUT2D eigenvalue weighted by atomic mass is 32.2. The lowest BCUT2D eigenvalue weighted by atomic mass is 10.2. The molecule has 196 valence electrons. The SMILES string of the molecule is CCCCOC(=O)c1csc(SCC)n1.CC[C@H](COC1=CC=c2ccccc2=CC1)N(C)C(C)=O. The van der Waals surface area contributed by atoms with Crippen molar-refractivity contribution in [2.24, 2.45) is 0 Å². The number of thioether (sulfide) groups is 1. The van der Waals surface area contributed by atoms with Crippen molar-refractivity contribution in [1.29, 1.82) is 0 Å². The van der Waals surface area contributed by atoms with Crippen LogP contribution in [0, 0.1) is 0 Å². The summed E-state index contributed by atoms with van der Waals surface area (Å²) >= 11 is 3.13. The number of thiazole rings is 1. The lowest BCUT2D eigenvalue weighted by Gasteiger charge is -2.26. The number of ether oxygens (including phenoxy) is 2. The highest BCUT2D eigenvalue weighted by molar-refractivity contribution is 8.00. The average Bonchev–Trinajstić information content (AvgIpc) is 3.25. The van der Waals surface area contributed by atoms with Crippen molar-refractivity contribution >= 4 is 47.1 Å². The van der Waals surface area contributed by atoms with Gasteiger partial charge in [-0.3, -0.25) is 4.79 Å². The Kier molecular flexibility index (Phi) is 13.4. The minimum atomic E-state index is -0.303. The van der Waals surface area contributed by atoms with Crippen LogP contribution in [0.1, 0.15) is 63.9 Å². The molecule has 0 radical (unpaired) electrons. The van der Waals surface area contributed by atoms with Crippen LogP contribution >= 0.6 is 23.1 Å². The van der Waals surface area contributed by atoms with Crippen LogP contribution in [0.5, 0.6) is 0 Å². The Morgan fingerprint density at radius 3 is 2.58 bits per heavy atom. The minimum absolute atomic E-state index is 0.0748. The summed E-state index contributed by atoms with van der Waals surface area (Å²) in [4.78, 5) is 28.8. The molecule has 1 aromatic heterocycles. The Bertz CT molecular complexity index is 1130. The van der Waals surface area contributed by atoms with Gasteiger partial charge in [0.1, 0.15) is 6.61 Å². The smallest absolute Gasteiger partial charge is 0.357 e. The van der Waals surface area contributed by atoms with Gasteiger partial charge < -0.3 is 14.4 Å². The molecule has 2 aromatic rings. The van der Waals surface area contributed by atoms with Gasteiger partial charge in [0.05, 0.1) is 18.4 Å². The Morgan fingerprint density at radius 2 is 1.92 bits per heavy atom. The number of hydrogen-bond donors (Lipinski definition) is 0. The predicted octanol–water partition coefficient (Wildman–Crippen LogP) is 5.02. The third-order valence-electron chi connectivity index (χ3n) is 5.64. The van der Waals surface area contributed by atoms with Crippen LogP contribution in [-0.4, -0.2) is 53.8 Å². The van der Waals surface area contributed by atoms with E-state index in [0.29, 0.717) is 18.9 Å². The first kappa shape index (κ1) is 29.6. The third kappa shape index (κ3) is 9.82.